The number of benzene rings is 3. The van der Waals surface area contributed by atoms with Gasteiger partial charge in [0.1, 0.15) is 11.5 Å². The predicted molar refractivity (Wildman–Crippen MR) is 116 cm³/mol. The summed E-state index contributed by atoms with van der Waals surface area (Å²) in [5, 5.41) is 0.595. The van der Waals surface area contributed by atoms with E-state index < -0.39 is 0 Å². The SMILES string of the molecule is COc1cccc(N(C(=O)COc2cccc(C)c2)c2nc3ccccc3s2)c1. The first-order valence-electron chi connectivity index (χ1n) is 9.16. The normalized spacial score (nSPS) is 10.7. The van der Waals surface area contributed by atoms with Crippen LogP contribution in [-0.2, 0) is 4.79 Å². The summed E-state index contributed by atoms with van der Waals surface area (Å²) in [6.45, 7) is 1.88. The second kappa shape index (κ2) is 8.32. The number of aryl methyl sites for hydroxylation is 1. The van der Waals surface area contributed by atoms with Crippen LogP contribution in [0.15, 0.2) is 72.8 Å². The highest BCUT2D eigenvalue weighted by Gasteiger charge is 2.23. The van der Waals surface area contributed by atoms with Gasteiger partial charge in [0.15, 0.2) is 11.7 Å². The zero-order valence-corrected chi connectivity index (χ0v) is 17.0. The van der Waals surface area contributed by atoms with Crippen molar-refractivity contribution in [2.24, 2.45) is 0 Å². The van der Waals surface area contributed by atoms with Gasteiger partial charge in [-0.25, -0.2) is 4.98 Å². The van der Waals surface area contributed by atoms with Gasteiger partial charge in [0, 0.05) is 6.07 Å². The van der Waals surface area contributed by atoms with Crippen molar-refractivity contribution >= 4 is 38.3 Å². The third-order valence-electron chi connectivity index (χ3n) is 4.39. The number of fused-ring (bicyclic) bond motifs is 1. The molecule has 4 aromatic rings. The lowest BCUT2D eigenvalue weighted by molar-refractivity contribution is -0.119. The fourth-order valence-electron chi connectivity index (χ4n) is 2.98. The molecule has 6 heteroatoms. The number of carbonyl (C=O) groups excluding carboxylic acids is 1. The second-order valence-electron chi connectivity index (χ2n) is 6.50. The first kappa shape index (κ1) is 19.0. The molecule has 146 valence electrons. The van der Waals surface area contributed by atoms with E-state index in [1.54, 1.807) is 12.0 Å². The summed E-state index contributed by atoms with van der Waals surface area (Å²) >= 11 is 1.46. The lowest BCUT2D eigenvalue weighted by Crippen LogP contribution is -2.30. The van der Waals surface area contributed by atoms with Crippen LogP contribution in [-0.4, -0.2) is 24.6 Å². The Balaban J connectivity index is 1.68. The highest BCUT2D eigenvalue weighted by atomic mass is 32.1. The van der Waals surface area contributed by atoms with Gasteiger partial charge >= 0.3 is 0 Å². The Morgan fingerprint density at radius 1 is 1.00 bits per heavy atom. The van der Waals surface area contributed by atoms with Crippen molar-refractivity contribution in [1.29, 1.82) is 0 Å². The molecule has 1 aromatic heterocycles. The van der Waals surface area contributed by atoms with Crippen molar-refractivity contribution in [3.8, 4) is 11.5 Å². The van der Waals surface area contributed by atoms with Gasteiger partial charge in [0.25, 0.3) is 5.91 Å². The fourth-order valence-corrected chi connectivity index (χ4v) is 3.99. The van der Waals surface area contributed by atoms with Gasteiger partial charge in [-0.15, -0.1) is 0 Å². The van der Waals surface area contributed by atoms with Crippen molar-refractivity contribution in [3.63, 3.8) is 0 Å². The molecular formula is C23H20N2O3S. The average Bonchev–Trinajstić information content (AvgIpc) is 3.16. The molecule has 1 heterocycles. The van der Waals surface area contributed by atoms with Gasteiger partial charge in [-0.2, -0.15) is 0 Å². The van der Waals surface area contributed by atoms with Gasteiger partial charge in [-0.1, -0.05) is 41.7 Å². The van der Waals surface area contributed by atoms with Gasteiger partial charge in [-0.3, -0.25) is 9.69 Å². The number of methoxy groups -OCH3 is 1. The van der Waals surface area contributed by atoms with E-state index in [4.69, 9.17) is 9.47 Å². The highest BCUT2D eigenvalue weighted by molar-refractivity contribution is 7.22. The minimum absolute atomic E-state index is 0.101. The molecule has 1 amide bonds. The number of ether oxygens (including phenoxy) is 2. The lowest BCUT2D eigenvalue weighted by atomic mass is 10.2. The van der Waals surface area contributed by atoms with Gasteiger partial charge in [0.05, 0.1) is 23.0 Å². The van der Waals surface area contributed by atoms with E-state index in [0.29, 0.717) is 22.3 Å². The Morgan fingerprint density at radius 3 is 2.59 bits per heavy atom. The lowest BCUT2D eigenvalue weighted by Gasteiger charge is -2.20. The molecule has 0 N–H and O–H groups in total. The molecule has 0 fully saturated rings. The molecule has 4 rings (SSSR count). The van der Waals surface area contributed by atoms with E-state index in [1.165, 1.54) is 11.3 Å². The van der Waals surface area contributed by atoms with Crippen molar-refractivity contribution in [2.75, 3.05) is 18.6 Å². The van der Waals surface area contributed by atoms with Crippen LogP contribution in [0.25, 0.3) is 10.2 Å². The Labute approximate surface area is 173 Å². The fraction of sp³-hybridized carbons (Fsp3) is 0.130. The summed E-state index contributed by atoms with van der Waals surface area (Å²) in [5.74, 6) is 1.12. The summed E-state index contributed by atoms with van der Waals surface area (Å²) < 4.78 is 12.1. The van der Waals surface area contributed by atoms with Gasteiger partial charge < -0.3 is 9.47 Å². The molecule has 29 heavy (non-hydrogen) atoms. The molecule has 0 atom stereocenters. The van der Waals surface area contributed by atoms with E-state index in [1.807, 2.05) is 79.7 Å². The summed E-state index contributed by atoms with van der Waals surface area (Å²) in [6, 6.07) is 22.8. The zero-order chi connectivity index (χ0) is 20.2. The number of amides is 1. The number of hydrogen-bond acceptors (Lipinski definition) is 5. The summed E-state index contributed by atoms with van der Waals surface area (Å²) in [4.78, 5) is 19.5. The van der Waals surface area contributed by atoms with Crippen LogP contribution < -0.4 is 14.4 Å². The molecule has 0 aliphatic heterocycles. The maximum atomic E-state index is 13.2. The molecule has 0 bridgehead atoms. The van der Waals surface area contributed by atoms with Crippen LogP contribution in [0, 0.1) is 6.92 Å². The largest absolute Gasteiger partial charge is 0.497 e. The van der Waals surface area contributed by atoms with Crippen molar-refractivity contribution in [2.45, 2.75) is 6.92 Å². The van der Waals surface area contributed by atoms with Gasteiger partial charge in [0.2, 0.25) is 0 Å². The first-order chi connectivity index (χ1) is 14.1. The maximum Gasteiger partial charge on any atom is 0.271 e. The minimum atomic E-state index is -0.209. The van der Waals surface area contributed by atoms with Crippen LogP contribution in [0.2, 0.25) is 0 Å². The number of anilines is 2. The third kappa shape index (κ3) is 4.22. The van der Waals surface area contributed by atoms with Crippen LogP contribution >= 0.6 is 11.3 Å². The van der Waals surface area contributed by atoms with Crippen LogP contribution in [0.4, 0.5) is 10.8 Å². The smallest absolute Gasteiger partial charge is 0.271 e. The van der Waals surface area contributed by atoms with Crippen LogP contribution in [0.3, 0.4) is 0 Å². The Hall–Kier alpha value is -3.38. The zero-order valence-electron chi connectivity index (χ0n) is 16.2. The molecule has 0 saturated carbocycles. The molecule has 5 nitrogen and oxygen atoms in total. The van der Waals surface area contributed by atoms with Crippen LogP contribution in [0.1, 0.15) is 5.56 Å². The minimum Gasteiger partial charge on any atom is -0.497 e. The Morgan fingerprint density at radius 2 is 1.79 bits per heavy atom. The molecule has 0 aliphatic carbocycles. The maximum absolute atomic E-state index is 13.2. The third-order valence-corrected chi connectivity index (χ3v) is 5.41. The summed E-state index contributed by atoms with van der Waals surface area (Å²) in [7, 11) is 1.60. The van der Waals surface area contributed by atoms with Crippen LogP contribution in [0.5, 0.6) is 11.5 Å². The quantitative estimate of drug-likeness (QED) is 0.434. The average molecular weight is 404 g/mol. The van der Waals surface area contributed by atoms with E-state index in [-0.39, 0.29) is 12.5 Å². The Bertz CT molecular complexity index is 1120. The van der Waals surface area contributed by atoms with E-state index in [2.05, 4.69) is 4.98 Å². The van der Waals surface area contributed by atoms with E-state index in [0.717, 1.165) is 15.8 Å². The van der Waals surface area contributed by atoms with Gasteiger partial charge in [-0.05, 0) is 48.9 Å². The predicted octanol–water partition coefficient (Wildman–Crippen LogP) is 5.36. The highest BCUT2D eigenvalue weighted by Crippen LogP contribution is 2.34. The molecule has 0 spiro atoms. The second-order valence-corrected chi connectivity index (χ2v) is 7.51. The van der Waals surface area contributed by atoms with E-state index in [9.17, 15) is 4.79 Å². The molecule has 3 aromatic carbocycles. The number of carbonyl (C=O) groups is 1. The number of nitrogens with zero attached hydrogens (tertiary/aromatic N) is 2. The summed E-state index contributed by atoms with van der Waals surface area (Å²) in [6.07, 6.45) is 0. The number of thiazole rings is 1. The first-order valence-corrected chi connectivity index (χ1v) is 9.98. The van der Waals surface area contributed by atoms with Crippen molar-refractivity contribution < 1.29 is 14.3 Å². The standard InChI is InChI=1S/C23H20N2O3S/c1-16-7-5-10-19(13-16)28-15-22(26)25(17-8-6-9-18(14-17)27-2)23-24-20-11-3-4-12-21(20)29-23/h3-14H,15H2,1-2H3. The summed E-state index contributed by atoms with van der Waals surface area (Å²) in [5.41, 5.74) is 2.61. The molecule has 0 radical (unpaired) electrons. The number of hydrogen-bond donors (Lipinski definition) is 0. The number of aromatic nitrogens is 1. The number of rotatable bonds is 6. The topological polar surface area (TPSA) is 51.7 Å². The molecular weight excluding hydrogens is 384 g/mol. The molecule has 0 unspecified atom stereocenters. The monoisotopic (exact) mass is 404 g/mol. The van der Waals surface area contributed by atoms with E-state index >= 15 is 0 Å². The Kier molecular flexibility index (Phi) is 5.44. The number of para-hydroxylation sites is 1. The van der Waals surface area contributed by atoms with Crippen molar-refractivity contribution in [1.82, 2.24) is 4.98 Å². The molecule has 0 aliphatic rings. The van der Waals surface area contributed by atoms with Crippen molar-refractivity contribution in [3.05, 3.63) is 78.4 Å². The molecule has 0 saturated heterocycles.